The summed E-state index contributed by atoms with van der Waals surface area (Å²) in [5.74, 6) is -0.0313. The Bertz CT molecular complexity index is 1010. The number of hydrogen-bond donors (Lipinski definition) is 1. The van der Waals surface area contributed by atoms with Crippen molar-refractivity contribution in [2.75, 3.05) is 58.0 Å². The van der Waals surface area contributed by atoms with Crippen molar-refractivity contribution in [1.82, 2.24) is 9.80 Å². The standard InChI is InChI=1S/C24H37N3O7S/c1-16-13-27(23(28)18-8-10-33-11-9-18)17(2)15-34-21-7-6-19(25-35(5,30)31)12-20(21)24(29)26(3)14-22(16)32-4/h6-7,12,16-18,22,25H,8-11,13-15H2,1-5H3/t16-,17+,22+/m1/s1. The number of carbonyl (C=O) groups excluding carboxylic acids is 2. The van der Waals surface area contributed by atoms with Crippen molar-refractivity contribution in [3.05, 3.63) is 23.8 Å². The highest BCUT2D eigenvalue weighted by Crippen LogP contribution is 2.28. The summed E-state index contributed by atoms with van der Waals surface area (Å²) in [5, 5.41) is 0. The summed E-state index contributed by atoms with van der Waals surface area (Å²) in [4.78, 5) is 30.2. The summed E-state index contributed by atoms with van der Waals surface area (Å²) in [7, 11) is -0.251. The number of nitrogens with one attached hydrogen (secondary N) is 1. The van der Waals surface area contributed by atoms with Crippen LogP contribution in [0.5, 0.6) is 5.75 Å². The molecule has 2 aliphatic heterocycles. The molecular formula is C24H37N3O7S. The van der Waals surface area contributed by atoms with E-state index in [1.807, 2.05) is 18.7 Å². The highest BCUT2D eigenvalue weighted by atomic mass is 32.2. The summed E-state index contributed by atoms with van der Waals surface area (Å²) < 4.78 is 43.1. The van der Waals surface area contributed by atoms with Gasteiger partial charge in [0.2, 0.25) is 15.9 Å². The van der Waals surface area contributed by atoms with Gasteiger partial charge in [0, 0.05) is 58.0 Å². The van der Waals surface area contributed by atoms with Gasteiger partial charge in [-0.05, 0) is 38.0 Å². The van der Waals surface area contributed by atoms with E-state index in [1.54, 1.807) is 26.3 Å². The molecule has 3 rings (SSSR count). The molecule has 0 bridgehead atoms. The number of likely N-dealkylation sites (N-methyl/N-ethyl adjacent to an activating group) is 1. The quantitative estimate of drug-likeness (QED) is 0.656. The Balaban J connectivity index is 1.95. The molecular weight excluding hydrogens is 474 g/mol. The zero-order chi connectivity index (χ0) is 25.8. The summed E-state index contributed by atoms with van der Waals surface area (Å²) in [6.07, 6.45) is 2.14. The van der Waals surface area contributed by atoms with Crippen LogP contribution in [0.25, 0.3) is 0 Å². The molecule has 1 saturated heterocycles. The minimum Gasteiger partial charge on any atom is -0.491 e. The molecule has 2 amide bonds. The van der Waals surface area contributed by atoms with Crippen molar-refractivity contribution >= 4 is 27.5 Å². The van der Waals surface area contributed by atoms with Crippen LogP contribution >= 0.6 is 0 Å². The van der Waals surface area contributed by atoms with Crippen LogP contribution in [0, 0.1) is 11.8 Å². The lowest BCUT2D eigenvalue weighted by atomic mass is 9.95. The first kappa shape index (κ1) is 27.2. The van der Waals surface area contributed by atoms with Crippen LogP contribution in [0.15, 0.2) is 18.2 Å². The van der Waals surface area contributed by atoms with Gasteiger partial charge in [-0.1, -0.05) is 6.92 Å². The van der Waals surface area contributed by atoms with Gasteiger partial charge in [0.15, 0.2) is 0 Å². The molecule has 1 N–H and O–H groups in total. The van der Waals surface area contributed by atoms with Crippen molar-refractivity contribution in [3.63, 3.8) is 0 Å². The zero-order valence-electron chi connectivity index (χ0n) is 21.2. The van der Waals surface area contributed by atoms with Gasteiger partial charge in [0.05, 0.1) is 24.0 Å². The van der Waals surface area contributed by atoms with Crippen molar-refractivity contribution in [1.29, 1.82) is 0 Å². The van der Waals surface area contributed by atoms with Crippen LogP contribution in [-0.2, 0) is 24.3 Å². The lowest BCUT2D eigenvalue weighted by Crippen LogP contribution is -2.50. The normalized spacial score (nSPS) is 25.2. The number of rotatable bonds is 4. The van der Waals surface area contributed by atoms with E-state index in [-0.39, 0.29) is 53.7 Å². The Kier molecular flexibility index (Phi) is 9.00. The van der Waals surface area contributed by atoms with Crippen LogP contribution in [0.4, 0.5) is 5.69 Å². The molecule has 10 nitrogen and oxygen atoms in total. The van der Waals surface area contributed by atoms with Gasteiger partial charge in [-0.3, -0.25) is 14.3 Å². The number of amides is 2. The zero-order valence-corrected chi connectivity index (χ0v) is 22.0. The number of fused-ring (bicyclic) bond motifs is 1. The Morgan fingerprint density at radius 3 is 2.49 bits per heavy atom. The van der Waals surface area contributed by atoms with Gasteiger partial charge in [0.25, 0.3) is 5.91 Å². The highest BCUT2D eigenvalue weighted by molar-refractivity contribution is 7.92. The van der Waals surface area contributed by atoms with E-state index < -0.39 is 10.0 Å². The van der Waals surface area contributed by atoms with Crippen LogP contribution in [0.3, 0.4) is 0 Å². The van der Waals surface area contributed by atoms with Gasteiger partial charge in [-0.25, -0.2) is 8.42 Å². The van der Waals surface area contributed by atoms with E-state index in [9.17, 15) is 18.0 Å². The van der Waals surface area contributed by atoms with Crippen molar-refractivity contribution < 1.29 is 32.2 Å². The molecule has 0 aliphatic carbocycles. The SMILES string of the molecule is CO[C@H]1CN(C)C(=O)c2cc(NS(C)(=O)=O)ccc2OC[C@H](C)N(C(=O)C2CCOCC2)C[C@H]1C. The maximum absolute atomic E-state index is 13.5. The molecule has 35 heavy (non-hydrogen) atoms. The second-order valence-electron chi connectivity index (χ2n) is 9.56. The summed E-state index contributed by atoms with van der Waals surface area (Å²) in [5.41, 5.74) is 0.503. The Labute approximate surface area is 207 Å². The molecule has 1 fully saturated rings. The molecule has 0 radical (unpaired) electrons. The molecule has 1 aromatic carbocycles. The lowest BCUT2D eigenvalue weighted by Gasteiger charge is -2.38. The Morgan fingerprint density at radius 1 is 1.17 bits per heavy atom. The predicted octanol–water partition coefficient (Wildman–Crippen LogP) is 1.82. The van der Waals surface area contributed by atoms with Crippen LogP contribution < -0.4 is 9.46 Å². The van der Waals surface area contributed by atoms with Gasteiger partial charge >= 0.3 is 0 Å². The molecule has 0 spiro atoms. The molecule has 1 aromatic rings. The van der Waals surface area contributed by atoms with E-state index in [2.05, 4.69) is 4.72 Å². The molecule has 0 aromatic heterocycles. The van der Waals surface area contributed by atoms with E-state index in [0.29, 0.717) is 44.9 Å². The van der Waals surface area contributed by atoms with E-state index in [1.165, 1.54) is 11.0 Å². The number of carbonyl (C=O) groups is 2. The predicted molar refractivity (Wildman–Crippen MR) is 132 cm³/mol. The number of nitrogens with zero attached hydrogens (tertiary/aromatic N) is 2. The molecule has 11 heteroatoms. The second kappa shape index (κ2) is 11.6. The maximum Gasteiger partial charge on any atom is 0.257 e. The van der Waals surface area contributed by atoms with Gasteiger partial charge in [-0.2, -0.15) is 0 Å². The fourth-order valence-electron chi connectivity index (χ4n) is 4.54. The lowest BCUT2D eigenvalue weighted by molar-refractivity contribution is -0.142. The summed E-state index contributed by atoms with van der Waals surface area (Å²) >= 11 is 0. The molecule has 0 saturated carbocycles. The van der Waals surface area contributed by atoms with Crippen LogP contribution in [0.2, 0.25) is 0 Å². The summed E-state index contributed by atoms with van der Waals surface area (Å²) in [6, 6.07) is 4.35. The fraction of sp³-hybridized carbons (Fsp3) is 0.667. The Hall–Kier alpha value is -2.37. The van der Waals surface area contributed by atoms with Crippen molar-refractivity contribution in [2.45, 2.75) is 38.8 Å². The largest absolute Gasteiger partial charge is 0.491 e. The van der Waals surface area contributed by atoms with E-state index in [4.69, 9.17) is 14.2 Å². The number of ether oxygens (including phenoxy) is 3. The van der Waals surface area contributed by atoms with Crippen molar-refractivity contribution in [3.8, 4) is 5.75 Å². The monoisotopic (exact) mass is 511 g/mol. The number of anilines is 1. The first-order valence-corrected chi connectivity index (χ1v) is 13.8. The third kappa shape index (κ3) is 7.08. The maximum atomic E-state index is 13.5. The first-order valence-electron chi connectivity index (χ1n) is 11.9. The topological polar surface area (TPSA) is 114 Å². The van der Waals surface area contributed by atoms with Crippen LogP contribution in [-0.4, -0.2) is 95.5 Å². The third-order valence-corrected chi connectivity index (χ3v) is 7.21. The average Bonchev–Trinajstić information content (AvgIpc) is 2.82. The summed E-state index contributed by atoms with van der Waals surface area (Å²) in [6.45, 7) is 6.06. The average molecular weight is 512 g/mol. The van der Waals surface area contributed by atoms with E-state index >= 15 is 0 Å². The minimum atomic E-state index is -3.52. The number of hydrogen-bond acceptors (Lipinski definition) is 7. The number of benzene rings is 1. The third-order valence-electron chi connectivity index (χ3n) is 6.60. The van der Waals surface area contributed by atoms with Gasteiger partial charge in [-0.15, -0.1) is 0 Å². The second-order valence-corrected chi connectivity index (χ2v) is 11.3. The Morgan fingerprint density at radius 2 is 1.86 bits per heavy atom. The van der Waals surface area contributed by atoms with Gasteiger partial charge in [0.1, 0.15) is 12.4 Å². The van der Waals surface area contributed by atoms with Gasteiger partial charge < -0.3 is 24.0 Å². The number of methoxy groups -OCH3 is 1. The molecule has 3 atom stereocenters. The fourth-order valence-corrected chi connectivity index (χ4v) is 5.10. The minimum absolute atomic E-state index is 0.0429. The molecule has 2 aliphatic rings. The van der Waals surface area contributed by atoms with Crippen LogP contribution in [0.1, 0.15) is 37.0 Å². The molecule has 2 heterocycles. The number of sulfonamides is 1. The van der Waals surface area contributed by atoms with Crippen molar-refractivity contribution in [2.24, 2.45) is 11.8 Å². The highest BCUT2D eigenvalue weighted by Gasteiger charge is 2.33. The van der Waals surface area contributed by atoms with E-state index in [0.717, 1.165) is 6.26 Å². The molecule has 196 valence electrons. The first-order chi connectivity index (χ1) is 16.5. The smallest absolute Gasteiger partial charge is 0.257 e. The molecule has 0 unspecified atom stereocenters.